The highest BCUT2D eigenvalue weighted by molar-refractivity contribution is 7.14. The van der Waals surface area contributed by atoms with Gasteiger partial charge in [0.2, 0.25) is 0 Å². The largest absolute Gasteiger partial charge is 0.347 e. The molecule has 110 valence electrons. The Bertz CT molecular complexity index is 745. The van der Waals surface area contributed by atoms with E-state index in [0.717, 1.165) is 11.3 Å². The molecule has 3 heterocycles. The van der Waals surface area contributed by atoms with Gasteiger partial charge in [0.15, 0.2) is 5.13 Å². The number of rotatable bonds is 5. The van der Waals surface area contributed by atoms with Gasteiger partial charge in [0.1, 0.15) is 5.69 Å². The summed E-state index contributed by atoms with van der Waals surface area (Å²) in [5, 5.41) is 8.30. The van der Waals surface area contributed by atoms with Crippen LogP contribution in [0.3, 0.4) is 0 Å². The monoisotopic (exact) mass is 311 g/mol. The molecule has 0 bridgehead atoms. The summed E-state index contributed by atoms with van der Waals surface area (Å²) in [6.07, 6.45) is 6.81. The third kappa shape index (κ3) is 3.64. The van der Waals surface area contributed by atoms with Crippen molar-refractivity contribution in [3.63, 3.8) is 0 Å². The molecule has 2 N–H and O–H groups in total. The fraction of sp³-hybridized carbons (Fsp3) is 0.0667. The number of anilines is 2. The summed E-state index contributed by atoms with van der Waals surface area (Å²) in [5.74, 6) is -0.209. The molecule has 0 saturated carbocycles. The first-order chi connectivity index (χ1) is 10.8. The molecule has 3 aromatic rings. The molecule has 3 aromatic heterocycles. The zero-order valence-corrected chi connectivity index (χ0v) is 12.4. The van der Waals surface area contributed by atoms with Crippen LogP contribution >= 0.6 is 11.3 Å². The number of thiazole rings is 1. The van der Waals surface area contributed by atoms with Crippen LogP contribution in [0, 0.1) is 0 Å². The first-order valence-corrected chi connectivity index (χ1v) is 7.49. The van der Waals surface area contributed by atoms with E-state index in [2.05, 4.69) is 25.6 Å². The zero-order chi connectivity index (χ0) is 15.2. The molecular weight excluding hydrogens is 298 g/mol. The lowest BCUT2D eigenvalue weighted by molar-refractivity contribution is 0.0946. The van der Waals surface area contributed by atoms with E-state index in [-0.39, 0.29) is 5.91 Å². The normalized spacial score (nSPS) is 10.2. The van der Waals surface area contributed by atoms with Crippen LogP contribution in [0.1, 0.15) is 16.1 Å². The van der Waals surface area contributed by atoms with E-state index < -0.39 is 0 Å². The van der Waals surface area contributed by atoms with Crippen molar-refractivity contribution in [1.82, 2.24) is 20.3 Å². The van der Waals surface area contributed by atoms with Gasteiger partial charge in [-0.25, -0.2) is 4.98 Å². The van der Waals surface area contributed by atoms with Crippen molar-refractivity contribution < 1.29 is 4.79 Å². The van der Waals surface area contributed by atoms with E-state index in [9.17, 15) is 4.79 Å². The fourth-order valence-electron chi connectivity index (χ4n) is 1.77. The number of pyridine rings is 2. The van der Waals surface area contributed by atoms with Gasteiger partial charge in [0.05, 0.1) is 11.9 Å². The lowest BCUT2D eigenvalue weighted by atomic mass is 10.3. The highest BCUT2D eigenvalue weighted by atomic mass is 32.1. The van der Waals surface area contributed by atoms with E-state index in [1.54, 1.807) is 30.2 Å². The molecular formula is C15H13N5OS. The number of carbonyl (C=O) groups excluding carboxylic acids is 1. The molecule has 0 aliphatic carbocycles. The number of amides is 1. The SMILES string of the molecule is O=C(NCc1cccnc1)c1csc(Nc2cccnc2)n1. The molecule has 0 aliphatic rings. The van der Waals surface area contributed by atoms with Gasteiger partial charge >= 0.3 is 0 Å². The molecule has 1 amide bonds. The first-order valence-electron chi connectivity index (χ1n) is 6.61. The number of hydrogen-bond acceptors (Lipinski definition) is 6. The number of nitrogens with one attached hydrogen (secondary N) is 2. The number of aromatic nitrogens is 3. The standard InChI is InChI=1S/C15H13N5OS/c21-14(18-8-11-3-1-5-16-7-11)13-10-22-15(20-13)19-12-4-2-6-17-9-12/h1-7,9-10H,8H2,(H,18,21)(H,19,20). The highest BCUT2D eigenvalue weighted by Gasteiger charge is 2.10. The first kappa shape index (κ1) is 14.2. The van der Waals surface area contributed by atoms with Crippen LogP contribution in [0.5, 0.6) is 0 Å². The Balaban J connectivity index is 1.60. The maximum absolute atomic E-state index is 12.1. The van der Waals surface area contributed by atoms with E-state index in [1.807, 2.05) is 24.3 Å². The molecule has 22 heavy (non-hydrogen) atoms. The number of hydrogen-bond donors (Lipinski definition) is 2. The molecule has 0 aliphatic heterocycles. The van der Waals surface area contributed by atoms with Crippen LogP contribution in [0.2, 0.25) is 0 Å². The molecule has 7 heteroatoms. The van der Waals surface area contributed by atoms with Crippen molar-refractivity contribution in [2.45, 2.75) is 6.54 Å². The zero-order valence-electron chi connectivity index (χ0n) is 11.6. The van der Waals surface area contributed by atoms with Crippen LogP contribution < -0.4 is 10.6 Å². The third-order valence-corrected chi connectivity index (χ3v) is 3.58. The van der Waals surface area contributed by atoms with E-state index in [1.165, 1.54) is 11.3 Å². The highest BCUT2D eigenvalue weighted by Crippen LogP contribution is 2.20. The van der Waals surface area contributed by atoms with E-state index in [0.29, 0.717) is 17.4 Å². The average molecular weight is 311 g/mol. The Labute approximate surface area is 131 Å². The van der Waals surface area contributed by atoms with Gasteiger partial charge < -0.3 is 10.6 Å². The molecule has 0 fully saturated rings. The van der Waals surface area contributed by atoms with Crippen LogP contribution in [-0.4, -0.2) is 20.9 Å². The Morgan fingerprint density at radius 1 is 1.14 bits per heavy atom. The van der Waals surface area contributed by atoms with Gasteiger partial charge in [-0.1, -0.05) is 6.07 Å². The van der Waals surface area contributed by atoms with Crippen molar-refractivity contribution in [3.8, 4) is 0 Å². The molecule has 0 atom stereocenters. The Morgan fingerprint density at radius 2 is 1.95 bits per heavy atom. The summed E-state index contributed by atoms with van der Waals surface area (Å²) >= 11 is 1.37. The van der Waals surface area contributed by atoms with Gasteiger partial charge in [0.25, 0.3) is 5.91 Å². The topological polar surface area (TPSA) is 79.8 Å². The molecule has 0 saturated heterocycles. The summed E-state index contributed by atoms with van der Waals surface area (Å²) in [4.78, 5) is 24.3. The van der Waals surface area contributed by atoms with Gasteiger partial charge in [-0.3, -0.25) is 14.8 Å². The number of carbonyl (C=O) groups is 1. The average Bonchev–Trinajstić information content (AvgIpc) is 3.03. The minimum absolute atomic E-state index is 0.209. The van der Waals surface area contributed by atoms with Crippen molar-refractivity contribution >= 4 is 28.1 Å². The van der Waals surface area contributed by atoms with Crippen LogP contribution in [-0.2, 0) is 6.54 Å². The van der Waals surface area contributed by atoms with Crippen molar-refractivity contribution in [2.75, 3.05) is 5.32 Å². The van der Waals surface area contributed by atoms with E-state index >= 15 is 0 Å². The molecule has 0 radical (unpaired) electrons. The maximum Gasteiger partial charge on any atom is 0.271 e. The Morgan fingerprint density at radius 3 is 2.68 bits per heavy atom. The summed E-state index contributed by atoms with van der Waals surface area (Å²) in [5.41, 5.74) is 2.17. The summed E-state index contributed by atoms with van der Waals surface area (Å²) in [6.45, 7) is 0.426. The smallest absolute Gasteiger partial charge is 0.271 e. The van der Waals surface area contributed by atoms with Gasteiger partial charge in [-0.05, 0) is 23.8 Å². The van der Waals surface area contributed by atoms with Crippen LogP contribution in [0.25, 0.3) is 0 Å². The third-order valence-electron chi connectivity index (χ3n) is 2.83. The predicted molar refractivity (Wildman–Crippen MR) is 85.0 cm³/mol. The Hall–Kier alpha value is -2.80. The summed E-state index contributed by atoms with van der Waals surface area (Å²) in [6, 6.07) is 7.46. The number of nitrogens with zero attached hydrogens (tertiary/aromatic N) is 3. The van der Waals surface area contributed by atoms with Crippen molar-refractivity contribution in [1.29, 1.82) is 0 Å². The van der Waals surface area contributed by atoms with Crippen LogP contribution in [0.15, 0.2) is 54.4 Å². The lowest BCUT2D eigenvalue weighted by Gasteiger charge is -2.03. The predicted octanol–water partition coefficient (Wildman–Crippen LogP) is 2.61. The van der Waals surface area contributed by atoms with Gasteiger partial charge in [0, 0.05) is 30.5 Å². The molecule has 6 nitrogen and oxygen atoms in total. The van der Waals surface area contributed by atoms with E-state index in [4.69, 9.17) is 0 Å². The second-order valence-electron chi connectivity index (χ2n) is 4.45. The minimum Gasteiger partial charge on any atom is -0.347 e. The molecule has 0 spiro atoms. The maximum atomic E-state index is 12.1. The minimum atomic E-state index is -0.209. The second kappa shape index (κ2) is 6.77. The summed E-state index contributed by atoms with van der Waals surface area (Å²) in [7, 11) is 0. The fourth-order valence-corrected chi connectivity index (χ4v) is 2.48. The lowest BCUT2D eigenvalue weighted by Crippen LogP contribution is -2.23. The Kier molecular flexibility index (Phi) is 4.35. The van der Waals surface area contributed by atoms with Gasteiger partial charge in [-0.2, -0.15) is 0 Å². The van der Waals surface area contributed by atoms with Crippen molar-refractivity contribution in [3.05, 3.63) is 65.7 Å². The quantitative estimate of drug-likeness (QED) is 0.757. The summed E-state index contributed by atoms with van der Waals surface area (Å²) < 4.78 is 0. The van der Waals surface area contributed by atoms with Crippen LogP contribution in [0.4, 0.5) is 10.8 Å². The molecule has 0 unspecified atom stereocenters. The van der Waals surface area contributed by atoms with Gasteiger partial charge in [-0.15, -0.1) is 11.3 Å². The van der Waals surface area contributed by atoms with Crippen molar-refractivity contribution in [2.24, 2.45) is 0 Å². The second-order valence-corrected chi connectivity index (χ2v) is 5.31. The molecule has 0 aromatic carbocycles. The molecule has 3 rings (SSSR count).